The zero-order chi connectivity index (χ0) is 18.2. The molecule has 0 atom stereocenters. The van der Waals surface area contributed by atoms with Gasteiger partial charge in [0.25, 0.3) is 6.10 Å². The Kier molecular flexibility index (Phi) is 6.54. The smallest absolute Gasteiger partial charge is 0.359 e. The van der Waals surface area contributed by atoms with Gasteiger partial charge >= 0.3 is 11.9 Å². The molecule has 2 aromatic rings. The number of benzene rings is 1. The number of fused-ring (bicyclic) bond motifs is 1. The van der Waals surface area contributed by atoms with Crippen LogP contribution >= 0.6 is 11.6 Å². The highest BCUT2D eigenvalue weighted by molar-refractivity contribution is 6.35. The minimum atomic E-state index is -1.61. The lowest BCUT2D eigenvalue weighted by atomic mass is 10.2. The van der Waals surface area contributed by atoms with E-state index in [1.807, 2.05) is 0 Å². The third-order valence-corrected chi connectivity index (χ3v) is 3.37. The number of rotatable bonds is 8. The number of pyridine rings is 1. The molecule has 0 aliphatic heterocycles. The second kappa shape index (κ2) is 8.84. The minimum absolute atomic E-state index is 0.0625. The van der Waals surface area contributed by atoms with Gasteiger partial charge in [0.05, 0.1) is 5.02 Å². The fourth-order valence-electron chi connectivity index (χ4n) is 1.96. The molecule has 1 heterocycles. The van der Waals surface area contributed by atoms with Crippen molar-refractivity contribution in [3.05, 3.63) is 60.8 Å². The largest absolute Gasteiger partial charge is 0.464 e. The van der Waals surface area contributed by atoms with Gasteiger partial charge in [0.1, 0.15) is 24.5 Å². The Morgan fingerprint density at radius 3 is 2.36 bits per heavy atom. The molecule has 0 saturated heterocycles. The molecule has 130 valence electrons. The van der Waals surface area contributed by atoms with Crippen molar-refractivity contribution < 1.29 is 23.8 Å². The SMILES string of the molecule is C=CCOC(=O)C(Oc1ccc(Cl)c2cccnc12)C(=O)OCC=C. The molecule has 2 rings (SSSR count). The highest BCUT2D eigenvalue weighted by Crippen LogP contribution is 2.30. The van der Waals surface area contributed by atoms with Gasteiger partial charge in [-0.1, -0.05) is 36.9 Å². The van der Waals surface area contributed by atoms with Crippen molar-refractivity contribution in [2.24, 2.45) is 0 Å². The lowest BCUT2D eigenvalue weighted by Gasteiger charge is -2.17. The molecule has 0 radical (unpaired) electrons. The fraction of sp³-hybridized carbons (Fsp3) is 0.167. The zero-order valence-electron chi connectivity index (χ0n) is 13.3. The van der Waals surface area contributed by atoms with Gasteiger partial charge in [-0.2, -0.15) is 0 Å². The quantitative estimate of drug-likeness (QED) is 0.408. The highest BCUT2D eigenvalue weighted by Gasteiger charge is 2.32. The summed E-state index contributed by atoms with van der Waals surface area (Å²) < 4.78 is 15.4. The van der Waals surface area contributed by atoms with Crippen molar-refractivity contribution in [2.45, 2.75) is 6.10 Å². The van der Waals surface area contributed by atoms with Crippen molar-refractivity contribution in [3.63, 3.8) is 0 Å². The predicted molar refractivity (Wildman–Crippen MR) is 93.5 cm³/mol. The van der Waals surface area contributed by atoms with Crippen LogP contribution in [0.3, 0.4) is 0 Å². The van der Waals surface area contributed by atoms with E-state index >= 15 is 0 Å². The van der Waals surface area contributed by atoms with Crippen LogP contribution in [0.15, 0.2) is 55.8 Å². The summed E-state index contributed by atoms with van der Waals surface area (Å²) in [6.45, 7) is 6.77. The molecule has 0 unspecified atom stereocenters. The first kappa shape index (κ1) is 18.5. The number of ether oxygens (including phenoxy) is 3. The van der Waals surface area contributed by atoms with Crippen molar-refractivity contribution in [1.29, 1.82) is 0 Å². The van der Waals surface area contributed by atoms with E-state index < -0.39 is 18.0 Å². The summed E-state index contributed by atoms with van der Waals surface area (Å²) in [4.78, 5) is 28.5. The molecule has 0 spiro atoms. The van der Waals surface area contributed by atoms with E-state index in [0.717, 1.165) is 0 Å². The van der Waals surface area contributed by atoms with E-state index in [1.54, 1.807) is 24.4 Å². The number of halogens is 1. The predicted octanol–water partition coefficient (Wildman–Crippen LogP) is 3.09. The first-order chi connectivity index (χ1) is 12.1. The van der Waals surface area contributed by atoms with E-state index in [2.05, 4.69) is 18.1 Å². The van der Waals surface area contributed by atoms with Crippen LogP contribution < -0.4 is 4.74 Å². The molecule has 6 nitrogen and oxygen atoms in total. The molecule has 1 aromatic carbocycles. The van der Waals surface area contributed by atoms with E-state index in [-0.39, 0.29) is 19.0 Å². The van der Waals surface area contributed by atoms with Crippen molar-refractivity contribution in [2.75, 3.05) is 13.2 Å². The third kappa shape index (κ3) is 4.58. The molecule has 25 heavy (non-hydrogen) atoms. The van der Waals surface area contributed by atoms with Crippen LogP contribution in [-0.2, 0) is 19.1 Å². The summed E-state index contributed by atoms with van der Waals surface area (Å²) in [6.07, 6.45) is 2.70. The van der Waals surface area contributed by atoms with Gasteiger partial charge in [0.2, 0.25) is 0 Å². The molecule has 0 aliphatic carbocycles. The van der Waals surface area contributed by atoms with Gasteiger partial charge in [-0.3, -0.25) is 4.98 Å². The maximum atomic E-state index is 12.1. The molecule has 0 N–H and O–H groups in total. The molecule has 1 aromatic heterocycles. The van der Waals surface area contributed by atoms with E-state index in [4.69, 9.17) is 25.8 Å². The summed E-state index contributed by atoms with van der Waals surface area (Å²) in [7, 11) is 0. The molecular formula is C18H16ClNO5. The highest BCUT2D eigenvalue weighted by atomic mass is 35.5. The molecule has 0 bridgehead atoms. The first-order valence-corrected chi connectivity index (χ1v) is 7.71. The average molecular weight is 362 g/mol. The van der Waals surface area contributed by atoms with Gasteiger partial charge in [-0.25, -0.2) is 9.59 Å². The Balaban J connectivity index is 2.34. The van der Waals surface area contributed by atoms with E-state index in [1.165, 1.54) is 18.2 Å². The van der Waals surface area contributed by atoms with Crippen LogP contribution in [0.5, 0.6) is 5.75 Å². The molecule has 7 heteroatoms. The van der Waals surface area contributed by atoms with Gasteiger partial charge in [0, 0.05) is 11.6 Å². The average Bonchev–Trinajstić information content (AvgIpc) is 2.64. The second-order valence-corrected chi connectivity index (χ2v) is 5.19. The summed E-state index contributed by atoms with van der Waals surface area (Å²) >= 11 is 6.13. The molecule has 0 aliphatic rings. The van der Waals surface area contributed by atoms with E-state index in [0.29, 0.717) is 15.9 Å². The van der Waals surface area contributed by atoms with Gasteiger partial charge in [-0.05, 0) is 24.3 Å². The van der Waals surface area contributed by atoms with Gasteiger partial charge in [0.15, 0.2) is 0 Å². The summed E-state index contributed by atoms with van der Waals surface area (Å²) in [6, 6.07) is 6.57. The Bertz CT molecular complexity index is 781. The van der Waals surface area contributed by atoms with Crippen LogP contribution in [-0.4, -0.2) is 36.2 Å². The second-order valence-electron chi connectivity index (χ2n) is 4.78. The number of carbonyl (C=O) groups is 2. The topological polar surface area (TPSA) is 74.7 Å². The van der Waals surface area contributed by atoms with Crippen LogP contribution in [0.25, 0.3) is 10.9 Å². The molecule has 0 saturated carbocycles. The minimum Gasteiger partial charge on any atom is -0.464 e. The lowest BCUT2D eigenvalue weighted by Crippen LogP contribution is -2.38. The number of nitrogens with zero attached hydrogens (tertiary/aromatic N) is 1. The monoisotopic (exact) mass is 361 g/mol. The number of aromatic nitrogens is 1. The Morgan fingerprint density at radius 1 is 1.12 bits per heavy atom. The van der Waals surface area contributed by atoms with Gasteiger partial charge in [-0.15, -0.1) is 0 Å². The maximum absolute atomic E-state index is 12.1. The first-order valence-electron chi connectivity index (χ1n) is 7.33. The number of esters is 2. The zero-order valence-corrected chi connectivity index (χ0v) is 14.1. The Morgan fingerprint density at radius 2 is 1.76 bits per heavy atom. The van der Waals surface area contributed by atoms with Crippen LogP contribution in [0.4, 0.5) is 0 Å². The number of hydrogen-bond donors (Lipinski definition) is 0. The maximum Gasteiger partial charge on any atom is 0.359 e. The standard InChI is InChI=1S/C18H16ClNO5/c1-3-10-23-17(21)16(18(22)24-11-4-2)25-14-8-7-13(19)12-6-5-9-20-15(12)14/h3-9,16H,1-2,10-11H2. The van der Waals surface area contributed by atoms with Crippen molar-refractivity contribution in [1.82, 2.24) is 4.98 Å². The third-order valence-electron chi connectivity index (χ3n) is 3.04. The molecular weight excluding hydrogens is 346 g/mol. The van der Waals surface area contributed by atoms with Crippen molar-refractivity contribution in [3.8, 4) is 5.75 Å². The Hall–Kier alpha value is -2.86. The number of carbonyl (C=O) groups excluding carboxylic acids is 2. The van der Waals surface area contributed by atoms with E-state index in [9.17, 15) is 9.59 Å². The molecule has 0 amide bonds. The normalized spacial score (nSPS) is 10.3. The van der Waals surface area contributed by atoms with Crippen LogP contribution in [0, 0.1) is 0 Å². The Labute approximate surface area is 149 Å². The molecule has 0 fully saturated rings. The summed E-state index contributed by atoms with van der Waals surface area (Å²) in [5.74, 6) is -1.59. The summed E-state index contributed by atoms with van der Waals surface area (Å²) in [5, 5.41) is 1.09. The fourth-order valence-corrected chi connectivity index (χ4v) is 2.18. The van der Waals surface area contributed by atoms with Crippen molar-refractivity contribution >= 4 is 34.4 Å². The lowest BCUT2D eigenvalue weighted by molar-refractivity contribution is -0.165. The van der Waals surface area contributed by atoms with Gasteiger partial charge < -0.3 is 14.2 Å². The van der Waals surface area contributed by atoms with Crippen LogP contribution in [0.1, 0.15) is 0 Å². The van der Waals surface area contributed by atoms with Crippen LogP contribution in [0.2, 0.25) is 5.02 Å². The summed E-state index contributed by atoms with van der Waals surface area (Å²) in [5.41, 5.74) is 0.410. The number of hydrogen-bond acceptors (Lipinski definition) is 6.